The van der Waals surface area contributed by atoms with Crippen LogP contribution in [0.3, 0.4) is 0 Å². The van der Waals surface area contributed by atoms with Crippen molar-refractivity contribution in [3.63, 3.8) is 0 Å². The summed E-state index contributed by atoms with van der Waals surface area (Å²) in [7, 11) is 1.54. The third-order valence-corrected chi connectivity index (χ3v) is 5.06. The average Bonchev–Trinajstić information content (AvgIpc) is 3.38. The van der Waals surface area contributed by atoms with E-state index in [2.05, 4.69) is 5.32 Å². The maximum absolute atomic E-state index is 13.3. The molecular formula is C23H20FN3O5. The van der Waals surface area contributed by atoms with Crippen LogP contribution in [0.2, 0.25) is 0 Å². The van der Waals surface area contributed by atoms with Crippen molar-refractivity contribution >= 4 is 29.2 Å². The molecule has 8 nitrogen and oxygen atoms in total. The van der Waals surface area contributed by atoms with Crippen molar-refractivity contribution < 1.29 is 27.9 Å². The van der Waals surface area contributed by atoms with Gasteiger partial charge in [0.2, 0.25) is 5.91 Å². The Hall–Kier alpha value is -4.14. The molecule has 1 aliphatic heterocycles. The highest BCUT2D eigenvalue weighted by Gasteiger charge is 2.47. The Labute approximate surface area is 183 Å². The summed E-state index contributed by atoms with van der Waals surface area (Å²) in [6.07, 6.45) is 1.20. The molecule has 2 heterocycles. The van der Waals surface area contributed by atoms with E-state index >= 15 is 0 Å². The summed E-state index contributed by atoms with van der Waals surface area (Å²) in [5, 5.41) is 2.72. The lowest BCUT2D eigenvalue weighted by atomic mass is 10.1. The summed E-state index contributed by atoms with van der Waals surface area (Å²) in [6, 6.07) is 13.4. The molecule has 4 rings (SSSR count). The number of imide groups is 1. The fourth-order valence-corrected chi connectivity index (χ4v) is 3.47. The van der Waals surface area contributed by atoms with Gasteiger partial charge < -0.3 is 19.4 Å². The number of anilines is 2. The number of ether oxygens (including phenoxy) is 1. The number of furan rings is 1. The minimum Gasteiger partial charge on any atom is -0.497 e. The van der Waals surface area contributed by atoms with E-state index in [1.807, 2.05) is 0 Å². The van der Waals surface area contributed by atoms with E-state index in [9.17, 15) is 18.8 Å². The summed E-state index contributed by atoms with van der Waals surface area (Å²) in [4.78, 5) is 41.2. The van der Waals surface area contributed by atoms with Crippen molar-refractivity contribution in [3.05, 3.63) is 78.5 Å². The van der Waals surface area contributed by atoms with Gasteiger partial charge in [-0.25, -0.2) is 14.1 Å². The third kappa shape index (κ3) is 4.31. The Balaban J connectivity index is 1.56. The molecule has 32 heavy (non-hydrogen) atoms. The van der Waals surface area contributed by atoms with Gasteiger partial charge in [0, 0.05) is 5.69 Å². The van der Waals surface area contributed by atoms with Crippen LogP contribution in [-0.4, -0.2) is 35.9 Å². The zero-order chi connectivity index (χ0) is 22.7. The second-order valence-corrected chi connectivity index (χ2v) is 7.14. The van der Waals surface area contributed by atoms with Crippen LogP contribution in [0.4, 0.5) is 20.6 Å². The standard InChI is InChI=1S/C23H20FN3O5/c1-31-18-10-6-16(7-11-18)25-21(28)13-20-22(29)27(17-8-4-15(24)5-9-17)23(30)26(20)14-19-3-2-12-32-19/h2-12,20H,13-14H2,1H3,(H,25,28). The Morgan fingerprint density at radius 1 is 1.09 bits per heavy atom. The van der Waals surface area contributed by atoms with E-state index in [0.29, 0.717) is 17.2 Å². The summed E-state index contributed by atoms with van der Waals surface area (Å²) in [6.45, 7) is 0.00967. The number of amides is 4. The lowest BCUT2D eigenvalue weighted by Gasteiger charge is -2.20. The van der Waals surface area contributed by atoms with Crippen LogP contribution in [-0.2, 0) is 16.1 Å². The van der Waals surface area contributed by atoms with Gasteiger partial charge in [0.15, 0.2) is 0 Å². The third-order valence-electron chi connectivity index (χ3n) is 5.06. The first-order valence-corrected chi connectivity index (χ1v) is 9.82. The number of methoxy groups -OCH3 is 1. The quantitative estimate of drug-likeness (QED) is 0.568. The number of urea groups is 1. The van der Waals surface area contributed by atoms with Crippen LogP contribution >= 0.6 is 0 Å². The highest BCUT2D eigenvalue weighted by molar-refractivity contribution is 6.22. The number of carbonyl (C=O) groups excluding carboxylic acids is 3. The number of rotatable bonds is 7. The van der Waals surface area contributed by atoms with E-state index in [4.69, 9.17) is 9.15 Å². The highest BCUT2D eigenvalue weighted by Crippen LogP contribution is 2.29. The predicted octanol–water partition coefficient (Wildman–Crippen LogP) is 3.79. The van der Waals surface area contributed by atoms with E-state index in [-0.39, 0.29) is 18.7 Å². The Morgan fingerprint density at radius 2 is 1.81 bits per heavy atom. The number of halogens is 1. The molecule has 1 fully saturated rings. The molecule has 0 spiro atoms. The topological polar surface area (TPSA) is 92.1 Å². The molecule has 0 radical (unpaired) electrons. The average molecular weight is 437 g/mol. The predicted molar refractivity (Wildman–Crippen MR) is 114 cm³/mol. The molecule has 0 aliphatic carbocycles. The molecule has 3 aromatic rings. The second kappa shape index (κ2) is 8.93. The van der Waals surface area contributed by atoms with Crippen molar-refractivity contribution in [2.45, 2.75) is 19.0 Å². The molecular weight excluding hydrogens is 417 g/mol. The molecule has 2 aromatic carbocycles. The smallest absolute Gasteiger partial charge is 0.332 e. The van der Waals surface area contributed by atoms with Crippen molar-refractivity contribution in [2.75, 3.05) is 17.3 Å². The van der Waals surface area contributed by atoms with E-state index < -0.39 is 29.7 Å². The molecule has 0 saturated carbocycles. The van der Waals surface area contributed by atoms with Gasteiger partial charge in [0.05, 0.1) is 32.0 Å². The molecule has 164 valence electrons. The molecule has 0 bridgehead atoms. The fourth-order valence-electron chi connectivity index (χ4n) is 3.47. The number of hydrogen-bond acceptors (Lipinski definition) is 5. The normalized spacial score (nSPS) is 15.9. The van der Waals surface area contributed by atoms with Crippen LogP contribution in [0, 0.1) is 5.82 Å². The van der Waals surface area contributed by atoms with E-state index in [1.54, 1.807) is 36.4 Å². The molecule has 1 aromatic heterocycles. The second-order valence-electron chi connectivity index (χ2n) is 7.14. The summed E-state index contributed by atoms with van der Waals surface area (Å²) in [5.74, 6) is -0.396. The van der Waals surface area contributed by atoms with E-state index in [1.165, 1.54) is 30.4 Å². The van der Waals surface area contributed by atoms with Gasteiger partial charge in [-0.1, -0.05) is 0 Å². The van der Waals surface area contributed by atoms with Gasteiger partial charge in [-0.3, -0.25) is 9.59 Å². The molecule has 9 heteroatoms. The maximum Gasteiger partial charge on any atom is 0.332 e. The number of benzene rings is 2. The van der Waals surface area contributed by atoms with Crippen LogP contribution in [0.15, 0.2) is 71.3 Å². The lowest BCUT2D eigenvalue weighted by molar-refractivity contribution is -0.124. The van der Waals surface area contributed by atoms with Gasteiger partial charge in [0.1, 0.15) is 23.4 Å². The largest absolute Gasteiger partial charge is 0.497 e. The Bertz CT molecular complexity index is 1110. The fraction of sp³-hybridized carbons (Fsp3) is 0.174. The molecule has 4 amide bonds. The monoisotopic (exact) mass is 437 g/mol. The minimum atomic E-state index is -1.05. The lowest BCUT2D eigenvalue weighted by Crippen LogP contribution is -2.37. The van der Waals surface area contributed by atoms with Crippen molar-refractivity contribution in [1.82, 2.24) is 4.90 Å². The molecule has 1 saturated heterocycles. The van der Waals surface area contributed by atoms with Crippen LogP contribution in [0.25, 0.3) is 0 Å². The molecule has 1 N–H and O–H groups in total. The number of hydrogen-bond donors (Lipinski definition) is 1. The van der Waals surface area contributed by atoms with Crippen LogP contribution in [0.1, 0.15) is 12.2 Å². The highest BCUT2D eigenvalue weighted by atomic mass is 19.1. The first-order chi connectivity index (χ1) is 15.5. The van der Waals surface area contributed by atoms with Crippen molar-refractivity contribution in [3.8, 4) is 5.75 Å². The number of nitrogens with zero attached hydrogens (tertiary/aromatic N) is 2. The zero-order valence-corrected chi connectivity index (χ0v) is 17.2. The molecule has 1 unspecified atom stereocenters. The maximum atomic E-state index is 13.3. The van der Waals surface area contributed by atoms with Crippen LogP contribution < -0.4 is 15.0 Å². The minimum absolute atomic E-state index is 0.00967. The summed E-state index contributed by atoms with van der Waals surface area (Å²) < 4.78 is 23.7. The first-order valence-electron chi connectivity index (χ1n) is 9.82. The molecule has 1 atom stereocenters. The Morgan fingerprint density at radius 3 is 2.44 bits per heavy atom. The van der Waals surface area contributed by atoms with Crippen molar-refractivity contribution in [1.29, 1.82) is 0 Å². The van der Waals surface area contributed by atoms with Gasteiger partial charge >= 0.3 is 6.03 Å². The number of nitrogens with one attached hydrogen (secondary N) is 1. The van der Waals surface area contributed by atoms with Crippen molar-refractivity contribution in [2.24, 2.45) is 0 Å². The van der Waals surface area contributed by atoms with E-state index in [0.717, 1.165) is 17.0 Å². The van der Waals surface area contributed by atoms with Gasteiger partial charge in [0.25, 0.3) is 5.91 Å². The van der Waals surface area contributed by atoms with Crippen LogP contribution in [0.5, 0.6) is 5.75 Å². The molecule has 1 aliphatic rings. The van der Waals surface area contributed by atoms with Gasteiger partial charge in [-0.05, 0) is 60.7 Å². The summed E-state index contributed by atoms with van der Waals surface area (Å²) >= 11 is 0. The zero-order valence-electron chi connectivity index (χ0n) is 17.2. The van der Waals surface area contributed by atoms with Gasteiger partial charge in [-0.2, -0.15) is 0 Å². The Kier molecular flexibility index (Phi) is 5.89. The SMILES string of the molecule is COc1ccc(NC(=O)CC2C(=O)N(c3ccc(F)cc3)C(=O)N2Cc2ccco2)cc1. The summed E-state index contributed by atoms with van der Waals surface area (Å²) in [5.41, 5.74) is 0.754. The van der Waals surface area contributed by atoms with Gasteiger partial charge in [-0.15, -0.1) is 0 Å². The first kappa shape index (κ1) is 21.1. The number of carbonyl (C=O) groups is 3.